The fraction of sp³-hybridized carbons (Fsp3) is 0.783. The SMILES string of the molecule is C=CCN(CCCC)C(=O)C1N(CCCCCCO)C(=O)[C@@H]2[C@H](C(=O)O)[C@@H]3CCC12O3. The first-order valence-electron chi connectivity index (χ1n) is 11.6. The molecule has 0 aromatic rings. The number of carbonyl (C=O) groups excluding carboxylic acids is 2. The zero-order valence-electron chi connectivity index (χ0n) is 18.5. The van der Waals surface area contributed by atoms with Crippen molar-refractivity contribution in [1.29, 1.82) is 0 Å². The Kier molecular flexibility index (Phi) is 7.75. The number of nitrogens with zero attached hydrogens (tertiary/aromatic N) is 2. The number of aliphatic carboxylic acids is 1. The number of amides is 2. The number of fused-ring (bicyclic) bond motifs is 1. The van der Waals surface area contributed by atoms with Gasteiger partial charge in [-0.05, 0) is 32.1 Å². The van der Waals surface area contributed by atoms with Crippen LogP contribution in [0, 0.1) is 11.8 Å². The van der Waals surface area contributed by atoms with Crippen molar-refractivity contribution in [2.45, 2.75) is 76.0 Å². The number of carboxylic acids is 1. The fourth-order valence-electron chi connectivity index (χ4n) is 5.67. The molecule has 0 radical (unpaired) electrons. The first kappa shape index (κ1) is 23.7. The second-order valence-corrected chi connectivity index (χ2v) is 8.99. The molecule has 1 spiro atoms. The van der Waals surface area contributed by atoms with E-state index in [0.29, 0.717) is 45.3 Å². The highest BCUT2D eigenvalue weighted by Crippen LogP contribution is 2.58. The van der Waals surface area contributed by atoms with E-state index in [9.17, 15) is 19.5 Å². The van der Waals surface area contributed by atoms with Crippen molar-refractivity contribution in [3.8, 4) is 0 Å². The first-order chi connectivity index (χ1) is 14.9. The Bertz CT molecular complexity index is 698. The van der Waals surface area contributed by atoms with E-state index in [4.69, 9.17) is 9.84 Å². The second kappa shape index (κ2) is 10.1. The van der Waals surface area contributed by atoms with E-state index in [0.717, 1.165) is 25.7 Å². The minimum absolute atomic E-state index is 0.137. The molecule has 2 N–H and O–H groups in total. The Labute approximate surface area is 184 Å². The van der Waals surface area contributed by atoms with Crippen LogP contribution in [-0.4, -0.2) is 81.8 Å². The third-order valence-corrected chi connectivity index (χ3v) is 7.07. The summed E-state index contributed by atoms with van der Waals surface area (Å²) in [4.78, 5) is 42.5. The summed E-state index contributed by atoms with van der Waals surface area (Å²) in [6.45, 7) is 7.33. The highest BCUT2D eigenvalue weighted by atomic mass is 16.5. The summed E-state index contributed by atoms with van der Waals surface area (Å²) >= 11 is 0. The van der Waals surface area contributed by atoms with Gasteiger partial charge in [0.2, 0.25) is 11.8 Å². The molecular weight excluding hydrogens is 400 g/mol. The molecule has 0 aromatic carbocycles. The fourth-order valence-corrected chi connectivity index (χ4v) is 5.67. The van der Waals surface area contributed by atoms with E-state index in [2.05, 4.69) is 13.5 Å². The summed E-state index contributed by atoms with van der Waals surface area (Å²) in [5.41, 5.74) is -1.04. The van der Waals surface area contributed by atoms with Gasteiger partial charge < -0.3 is 24.7 Å². The van der Waals surface area contributed by atoms with Crippen molar-refractivity contribution in [2.24, 2.45) is 11.8 Å². The van der Waals surface area contributed by atoms with Crippen LogP contribution in [0.4, 0.5) is 0 Å². The van der Waals surface area contributed by atoms with Gasteiger partial charge in [0.05, 0.1) is 17.9 Å². The van der Waals surface area contributed by atoms with E-state index in [-0.39, 0.29) is 18.4 Å². The van der Waals surface area contributed by atoms with Gasteiger partial charge in [-0.3, -0.25) is 14.4 Å². The van der Waals surface area contributed by atoms with Crippen LogP contribution in [0.25, 0.3) is 0 Å². The van der Waals surface area contributed by atoms with E-state index >= 15 is 0 Å². The van der Waals surface area contributed by atoms with E-state index < -0.39 is 35.6 Å². The van der Waals surface area contributed by atoms with Crippen LogP contribution in [0.3, 0.4) is 0 Å². The number of aliphatic hydroxyl groups is 1. The van der Waals surface area contributed by atoms with Gasteiger partial charge >= 0.3 is 5.97 Å². The number of ether oxygens (including phenoxy) is 1. The molecule has 0 saturated carbocycles. The van der Waals surface area contributed by atoms with Gasteiger partial charge in [0.25, 0.3) is 0 Å². The standard InChI is InChI=1S/C23H36N2O6/c1-3-5-13-24(12-4-2)21(28)19-23-11-10-16(31-23)17(22(29)30)18(23)20(27)25(19)14-8-6-7-9-15-26/h4,16-19,26H,2-3,5-15H2,1H3,(H,29,30)/t16-,17+,18-,19?,23?/m0/s1. The van der Waals surface area contributed by atoms with Crippen molar-refractivity contribution in [3.63, 3.8) is 0 Å². The number of carboxylic acid groups (broad SMARTS) is 1. The highest BCUT2D eigenvalue weighted by Gasteiger charge is 2.74. The molecule has 31 heavy (non-hydrogen) atoms. The Morgan fingerprint density at radius 1 is 1.29 bits per heavy atom. The summed E-state index contributed by atoms with van der Waals surface area (Å²) in [6.07, 6.45) is 7.15. The van der Waals surface area contributed by atoms with Gasteiger partial charge in [-0.1, -0.05) is 32.3 Å². The van der Waals surface area contributed by atoms with Gasteiger partial charge in [0, 0.05) is 26.2 Å². The van der Waals surface area contributed by atoms with Gasteiger partial charge in [0.15, 0.2) is 0 Å². The lowest BCUT2D eigenvalue weighted by Gasteiger charge is -2.36. The van der Waals surface area contributed by atoms with Crippen LogP contribution in [0.2, 0.25) is 0 Å². The molecule has 3 heterocycles. The van der Waals surface area contributed by atoms with Crippen molar-refractivity contribution >= 4 is 17.8 Å². The van der Waals surface area contributed by atoms with Gasteiger partial charge in [-0.2, -0.15) is 0 Å². The summed E-state index contributed by atoms with van der Waals surface area (Å²) < 4.78 is 6.22. The van der Waals surface area contributed by atoms with Crippen molar-refractivity contribution in [2.75, 3.05) is 26.2 Å². The zero-order chi connectivity index (χ0) is 22.6. The van der Waals surface area contributed by atoms with Crippen molar-refractivity contribution < 1.29 is 29.3 Å². The molecule has 2 unspecified atom stereocenters. The maximum atomic E-state index is 13.8. The van der Waals surface area contributed by atoms with Crippen LogP contribution >= 0.6 is 0 Å². The molecule has 0 aliphatic carbocycles. The Morgan fingerprint density at radius 3 is 2.68 bits per heavy atom. The van der Waals surface area contributed by atoms with E-state index in [1.54, 1.807) is 15.9 Å². The zero-order valence-corrected chi connectivity index (χ0v) is 18.5. The lowest BCUT2D eigenvalue weighted by Crippen LogP contribution is -2.56. The van der Waals surface area contributed by atoms with Gasteiger partial charge in [-0.15, -0.1) is 6.58 Å². The summed E-state index contributed by atoms with van der Waals surface area (Å²) in [7, 11) is 0. The molecule has 8 heteroatoms. The first-order valence-corrected chi connectivity index (χ1v) is 11.6. The Balaban J connectivity index is 1.89. The Hall–Kier alpha value is -1.93. The van der Waals surface area contributed by atoms with Crippen molar-refractivity contribution in [3.05, 3.63) is 12.7 Å². The maximum absolute atomic E-state index is 13.8. The number of carbonyl (C=O) groups is 3. The lowest BCUT2D eigenvalue weighted by atomic mass is 9.70. The van der Waals surface area contributed by atoms with Crippen LogP contribution in [-0.2, 0) is 19.1 Å². The minimum Gasteiger partial charge on any atom is -0.481 e. The number of likely N-dealkylation sites (tertiary alicyclic amines) is 1. The molecular formula is C23H36N2O6. The van der Waals surface area contributed by atoms with Crippen molar-refractivity contribution in [1.82, 2.24) is 9.80 Å². The lowest BCUT2D eigenvalue weighted by molar-refractivity contribution is -0.151. The second-order valence-electron chi connectivity index (χ2n) is 8.99. The minimum atomic E-state index is -1.04. The largest absolute Gasteiger partial charge is 0.481 e. The van der Waals surface area contributed by atoms with E-state index in [1.807, 2.05) is 0 Å². The molecule has 2 bridgehead atoms. The maximum Gasteiger partial charge on any atom is 0.310 e. The van der Waals surface area contributed by atoms with Gasteiger partial charge in [0.1, 0.15) is 11.6 Å². The smallest absolute Gasteiger partial charge is 0.310 e. The highest BCUT2D eigenvalue weighted by molar-refractivity contribution is 5.98. The third-order valence-electron chi connectivity index (χ3n) is 7.07. The predicted molar refractivity (Wildman–Crippen MR) is 114 cm³/mol. The van der Waals surface area contributed by atoms with Crippen LogP contribution < -0.4 is 0 Å². The summed E-state index contributed by atoms with van der Waals surface area (Å²) in [6, 6.07) is -0.783. The molecule has 174 valence electrons. The quantitative estimate of drug-likeness (QED) is 0.337. The normalized spacial score (nSPS) is 31.2. The number of unbranched alkanes of at least 4 members (excludes halogenated alkanes) is 4. The Morgan fingerprint density at radius 2 is 2.03 bits per heavy atom. The van der Waals surface area contributed by atoms with E-state index in [1.165, 1.54) is 0 Å². The molecule has 3 saturated heterocycles. The number of aliphatic hydroxyl groups excluding tert-OH is 1. The average molecular weight is 437 g/mol. The predicted octanol–water partition coefficient (Wildman–Crippen LogP) is 1.81. The summed E-state index contributed by atoms with van der Waals surface area (Å²) in [5.74, 6) is -3.13. The van der Waals surface area contributed by atoms with Crippen LogP contribution in [0.5, 0.6) is 0 Å². The molecule has 3 rings (SSSR count). The molecule has 5 atom stereocenters. The monoisotopic (exact) mass is 436 g/mol. The van der Waals surface area contributed by atoms with Crippen LogP contribution in [0.15, 0.2) is 12.7 Å². The summed E-state index contributed by atoms with van der Waals surface area (Å²) in [5, 5.41) is 18.8. The number of hydrogen-bond acceptors (Lipinski definition) is 5. The molecule has 8 nitrogen and oxygen atoms in total. The topological polar surface area (TPSA) is 107 Å². The molecule has 3 fully saturated rings. The number of rotatable bonds is 13. The molecule has 2 amide bonds. The third kappa shape index (κ3) is 4.24. The average Bonchev–Trinajstić information content (AvgIpc) is 3.38. The number of hydrogen-bond donors (Lipinski definition) is 2. The van der Waals surface area contributed by atoms with Crippen LogP contribution in [0.1, 0.15) is 58.3 Å². The molecule has 0 aromatic heterocycles. The van der Waals surface area contributed by atoms with Gasteiger partial charge in [-0.25, -0.2) is 0 Å². The molecule has 3 aliphatic rings. The molecule has 3 aliphatic heterocycles.